The van der Waals surface area contributed by atoms with Crippen LogP contribution in [-0.4, -0.2) is 36.0 Å². The van der Waals surface area contributed by atoms with E-state index in [-0.39, 0.29) is 5.91 Å². The van der Waals surface area contributed by atoms with Gasteiger partial charge in [0.25, 0.3) is 5.91 Å². The molecule has 3 aromatic rings. The number of H-pyrrole nitrogens is 1. The summed E-state index contributed by atoms with van der Waals surface area (Å²) in [5.41, 5.74) is 5.50. The maximum absolute atomic E-state index is 12.3. The average molecular weight is 378 g/mol. The van der Waals surface area contributed by atoms with Gasteiger partial charge in [0.15, 0.2) is 0 Å². The standard InChI is InChI=1S/C21H22N4O3/c1-3-11-28-19-6-4-5-16(12-19)21(26)25-23-14-17-13-22-24-20(17)15-7-9-18(27-2)10-8-15/h4-10,12-14H,3,11H2,1-2H3,(H,22,24)(H,25,26)/b23-14+. The second kappa shape index (κ2) is 9.36. The van der Waals surface area contributed by atoms with Gasteiger partial charge in [0, 0.05) is 16.7 Å². The Bertz CT molecular complexity index is 948. The monoisotopic (exact) mass is 378 g/mol. The van der Waals surface area contributed by atoms with Gasteiger partial charge in [-0.05, 0) is 48.9 Å². The van der Waals surface area contributed by atoms with Crippen LogP contribution in [0.25, 0.3) is 11.3 Å². The maximum atomic E-state index is 12.3. The van der Waals surface area contributed by atoms with Crippen LogP contribution in [0.1, 0.15) is 29.3 Å². The van der Waals surface area contributed by atoms with E-state index in [2.05, 4.69) is 20.7 Å². The van der Waals surface area contributed by atoms with E-state index < -0.39 is 0 Å². The van der Waals surface area contributed by atoms with E-state index in [1.165, 1.54) is 0 Å². The molecule has 7 nitrogen and oxygen atoms in total. The van der Waals surface area contributed by atoms with Crippen molar-refractivity contribution >= 4 is 12.1 Å². The van der Waals surface area contributed by atoms with Crippen molar-refractivity contribution in [2.24, 2.45) is 5.10 Å². The molecule has 2 aromatic carbocycles. The van der Waals surface area contributed by atoms with Crippen molar-refractivity contribution in [3.63, 3.8) is 0 Å². The number of benzene rings is 2. The van der Waals surface area contributed by atoms with Crippen LogP contribution in [0, 0.1) is 0 Å². The molecule has 3 rings (SSSR count). The average Bonchev–Trinajstić information content (AvgIpc) is 3.21. The largest absolute Gasteiger partial charge is 0.497 e. The Morgan fingerprint density at radius 3 is 2.79 bits per heavy atom. The fourth-order valence-electron chi connectivity index (χ4n) is 2.55. The molecule has 0 unspecified atom stereocenters. The molecule has 2 N–H and O–H groups in total. The number of aromatic nitrogens is 2. The number of methoxy groups -OCH3 is 1. The molecule has 0 radical (unpaired) electrons. The minimum Gasteiger partial charge on any atom is -0.497 e. The molecule has 1 heterocycles. The van der Waals surface area contributed by atoms with Crippen LogP contribution in [0.3, 0.4) is 0 Å². The van der Waals surface area contributed by atoms with Gasteiger partial charge < -0.3 is 9.47 Å². The predicted octanol–water partition coefficient (Wildman–Crippen LogP) is 3.64. The summed E-state index contributed by atoms with van der Waals surface area (Å²) in [4.78, 5) is 12.3. The Morgan fingerprint density at radius 2 is 2.04 bits per heavy atom. The highest BCUT2D eigenvalue weighted by Gasteiger charge is 2.08. The summed E-state index contributed by atoms with van der Waals surface area (Å²) in [7, 11) is 1.62. The molecule has 0 aliphatic rings. The van der Waals surface area contributed by atoms with Crippen molar-refractivity contribution < 1.29 is 14.3 Å². The van der Waals surface area contributed by atoms with Crippen molar-refractivity contribution in [1.82, 2.24) is 15.6 Å². The van der Waals surface area contributed by atoms with Crippen LogP contribution >= 0.6 is 0 Å². The number of aromatic amines is 1. The Kier molecular flexibility index (Phi) is 6.41. The number of carbonyl (C=O) groups excluding carboxylic acids is 1. The number of carbonyl (C=O) groups is 1. The molecule has 0 aliphatic carbocycles. The first-order valence-corrected chi connectivity index (χ1v) is 8.95. The van der Waals surface area contributed by atoms with Gasteiger partial charge in [-0.1, -0.05) is 13.0 Å². The van der Waals surface area contributed by atoms with Gasteiger partial charge in [0.05, 0.1) is 31.8 Å². The third-order valence-corrected chi connectivity index (χ3v) is 3.99. The first-order chi connectivity index (χ1) is 13.7. The molecule has 0 saturated heterocycles. The van der Waals surface area contributed by atoms with E-state index >= 15 is 0 Å². The molecule has 0 fully saturated rings. The van der Waals surface area contributed by atoms with Crippen molar-refractivity contribution in [2.45, 2.75) is 13.3 Å². The number of hydrazone groups is 1. The highest BCUT2D eigenvalue weighted by atomic mass is 16.5. The van der Waals surface area contributed by atoms with Crippen molar-refractivity contribution in [1.29, 1.82) is 0 Å². The first-order valence-electron chi connectivity index (χ1n) is 8.95. The number of nitrogens with zero attached hydrogens (tertiary/aromatic N) is 2. The SMILES string of the molecule is CCCOc1cccc(C(=O)N/N=C/c2cn[nH]c2-c2ccc(OC)cc2)c1. The van der Waals surface area contributed by atoms with E-state index in [1.54, 1.807) is 37.7 Å². The zero-order valence-electron chi connectivity index (χ0n) is 15.8. The zero-order chi connectivity index (χ0) is 19.8. The number of amides is 1. The van der Waals surface area contributed by atoms with E-state index in [9.17, 15) is 4.79 Å². The molecule has 0 spiro atoms. The van der Waals surface area contributed by atoms with Gasteiger partial charge in [0.1, 0.15) is 11.5 Å². The van der Waals surface area contributed by atoms with E-state index in [4.69, 9.17) is 9.47 Å². The van der Waals surface area contributed by atoms with Crippen LogP contribution in [0.2, 0.25) is 0 Å². The molecule has 0 bridgehead atoms. The van der Waals surface area contributed by atoms with Gasteiger partial charge in [-0.25, -0.2) is 5.43 Å². The predicted molar refractivity (Wildman–Crippen MR) is 108 cm³/mol. The maximum Gasteiger partial charge on any atom is 0.271 e. The number of hydrogen-bond acceptors (Lipinski definition) is 5. The Balaban J connectivity index is 1.67. The summed E-state index contributed by atoms with van der Waals surface area (Å²) in [6.45, 7) is 2.64. The second-order valence-electron chi connectivity index (χ2n) is 6.00. The first kappa shape index (κ1) is 19.2. The molecule has 144 valence electrons. The van der Waals surface area contributed by atoms with Crippen LogP contribution in [-0.2, 0) is 0 Å². The Labute approximate surface area is 163 Å². The lowest BCUT2D eigenvalue weighted by atomic mass is 10.1. The summed E-state index contributed by atoms with van der Waals surface area (Å²) in [5.74, 6) is 1.12. The zero-order valence-corrected chi connectivity index (χ0v) is 15.8. The van der Waals surface area contributed by atoms with Crippen LogP contribution in [0.4, 0.5) is 0 Å². The molecular formula is C21H22N4O3. The quantitative estimate of drug-likeness (QED) is 0.463. The van der Waals surface area contributed by atoms with Crippen LogP contribution in [0.5, 0.6) is 11.5 Å². The van der Waals surface area contributed by atoms with Crippen LogP contribution in [0.15, 0.2) is 59.8 Å². The highest BCUT2D eigenvalue weighted by Crippen LogP contribution is 2.22. The van der Waals surface area contributed by atoms with Gasteiger partial charge >= 0.3 is 0 Å². The van der Waals surface area contributed by atoms with E-state index in [0.717, 1.165) is 29.0 Å². The van der Waals surface area contributed by atoms with Gasteiger partial charge in [-0.3, -0.25) is 9.89 Å². The molecule has 28 heavy (non-hydrogen) atoms. The topological polar surface area (TPSA) is 88.6 Å². The van der Waals surface area contributed by atoms with Crippen LogP contribution < -0.4 is 14.9 Å². The molecule has 0 aliphatic heterocycles. The summed E-state index contributed by atoms with van der Waals surface area (Å²) in [5, 5.41) is 11.1. The second-order valence-corrected chi connectivity index (χ2v) is 6.00. The number of rotatable bonds is 8. The van der Waals surface area contributed by atoms with Gasteiger partial charge in [-0.15, -0.1) is 0 Å². The fraction of sp³-hybridized carbons (Fsp3) is 0.190. The number of hydrogen-bond donors (Lipinski definition) is 2. The highest BCUT2D eigenvalue weighted by molar-refractivity contribution is 5.96. The number of nitrogens with one attached hydrogen (secondary N) is 2. The Hall–Kier alpha value is -3.61. The summed E-state index contributed by atoms with van der Waals surface area (Å²) in [6, 6.07) is 14.6. The smallest absolute Gasteiger partial charge is 0.271 e. The third kappa shape index (κ3) is 4.76. The molecule has 7 heteroatoms. The Morgan fingerprint density at radius 1 is 1.21 bits per heavy atom. The van der Waals surface area contributed by atoms with Crippen molar-refractivity contribution in [3.05, 3.63) is 65.9 Å². The van der Waals surface area contributed by atoms with Gasteiger partial charge in [-0.2, -0.15) is 10.2 Å². The van der Waals surface area contributed by atoms with E-state index in [1.807, 2.05) is 37.3 Å². The van der Waals surface area contributed by atoms with Crippen molar-refractivity contribution in [3.8, 4) is 22.8 Å². The third-order valence-electron chi connectivity index (χ3n) is 3.99. The fourth-order valence-corrected chi connectivity index (χ4v) is 2.55. The molecule has 1 amide bonds. The molecule has 0 atom stereocenters. The van der Waals surface area contributed by atoms with E-state index in [0.29, 0.717) is 17.9 Å². The molecular weight excluding hydrogens is 356 g/mol. The lowest BCUT2D eigenvalue weighted by molar-refractivity contribution is 0.0954. The lowest BCUT2D eigenvalue weighted by Gasteiger charge is -2.06. The molecule has 0 saturated carbocycles. The minimum atomic E-state index is -0.312. The summed E-state index contributed by atoms with van der Waals surface area (Å²) >= 11 is 0. The van der Waals surface area contributed by atoms with Gasteiger partial charge in [0.2, 0.25) is 0 Å². The lowest BCUT2D eigenvalue weighted by Crippen LogP contribution is -2.17. The number of ether oxygens (including phenoxy) is 2. The summed E-state index contributed by atoms with van der Waals surface area (Å²) in [6.07, 6.45) is 4.11. The molecule has 1 aromatic heterocycles. The normalized spacial score (nSPS) is 10.8. The summed E-state index contributed by atoms with van der Waals surface area (Å²) < 4.78 is 10.7. The minimum absolute atomic E-state index is 0.312. The van der Waals surface area contributed by atoms with Crippen molar-refractivity contribution in [2.75, 3.05) is 13.7 Å².